The number of aliphatic imine (C=N–C) groups is 1. The minimum Gasteiger partial charge on any atom is -0.494 e. The van der Waals surface area contributed by atoms with Gasteiger partial charge in [-0.1, -0.05) is 0 Å². The number of nitrogens with zero attached hydrogens (tertiary/aromatic N) is 3. The molecule has 0 amide bonds. The lowest BCUT2D eigenvalue weighted by Crippen LogP contribution is -2.39. The van der Waals surface area contributed by atoms with E-state index in [0.29, 0.717) is 0 Å². The average molecular weight is 255 g/mol. The molecule has 0 unspecified atom stereocenters. The number of rotatable bonds is 3. The van der Waals surface area contributed by atoms with Crippen LogP contribution in [0.15, 0.2) is 14.6 Å². The molecule has 0 fully saturated rings. The number of hydrogen-bond acceptors (Lipinski definition) is 5. The molecule has 0 saturated carbocycles. The highest BCUT2D eigenvalue weighted by Gasteiger charge is 2.17. The Morgan fingerprint density at radius 2 is 1.83 bits per heavy atom. The SMILES string of the molecule is CC(=NCC(=O)O)c1c(O)n(C)c(=O)n(C)c1=O. The van der Waals surface area contributed by atoms with Crippen molar-refractivity contribution in [3.05, 3.63) is 26.4 Å². The van der Waals surface area contributed by atoms with Crippen LogP contribution in [0, 0.1) is 0 Å². The van der Waals surface area contributed by atoms with Gasteiger partial charge in [0.2, 0.25) is 5.88 Å². The van der Waals surface area contributed by atoms with Crippen LogP contribution in [0.25, 0.3) is 0 Å². The second kappa shape index (κ2) is 4.86. The number of aromatic hydroxyl groups is 1. The summed E-state index contributed by atoms with van der Waals surface area (Å²) in [6.45, 7) is 0.876. The zero-order valence-electron chi connectivity index (χ0n) is 10.2. The Balaban J connectivity index is 3.52. The van der Waals surface area contributed by atoms with E-state index in [1.54, 1.807) is 0 Å². The first kappa shape index (κ1) is 13.7. The van der Waals surface area contributed by atoms with Gasteiger partial charge in [-0.3, -0.25) is 23.7 Å². The maximum atomic E-state index is 11.8. The summed E-state index contributed by atoms with van der Waals surface area (Å²) in [4.78, 5) is 37.3. The number of carboxylic acid groups (broad SMARTS) is 1. The molecule has 98 valence electrons. The molecule has 1 aromatic rings. The van der Waals surface area contributed by atoms with E-state index in [0.717, 1.165) is 9.13 Å². The monoisotopic (exact) mass is 255 g/mol. The molecule has 0 aromatic carbocycles. The molecule has 0 bridgehead atoms. The highest BCUT2D eigenvalue weighted by atomic mass is 16.4. The van der Waals surface area contributed by atoms with Crippen LogP contribution in [0.5, 0.6) is 5.88 Å². The molecule has 0 radical (unpaired) electrons. The standard InChI is InChI=1S/C10H13N3O5/c1-5(11-4-6(14)15)7-8(16)12(2)10(18)13(3)9(7)17/h16H,4H2,1-3H3,(H,14,15). The highest BCUT2D eigenvalue weighted by molar-refractivity contribution is 6.00. The third-order valence-corrected chi connectivity index (χ3v) is 2.45. The van der Waals surface area contributed by atoms with Crippen LogP contribution in [0.2, 0.25) is 0 Å². The van der Waals surface area contributed by atoms with Crippen LogP contribution in [-0.4, -0.2) is 37.6 Å². The first-order valence-corrected chi connectivity index (χ1v) is 4.99. The number of carboxylic acids is 1. The lowest BCUT2D eigenvalue weighted by molar-refractivity contribution is -0.135. The first-order chi connectivity index (χ1) is 8.27. The Morgan fingerprint density at radius 3 is 2.33 bits per heavy atom. The van der Waals surface area contributed by atoms with Crippen LogP contribution in [0.3, 0.4) is 0 Å². The molecule has 8 heteroatoms. The summed E-state index contributed by atoms with van der Waals surface area (Å²) in [6.07, 6.45) is 0. The molecular weight excluding hydrogens is 242 g/mol. The topological polar surface area (TPSA) is 114 Å². The summed E-state index contributed by atoms with van der Waals surface area (Å²) in [5.41, 5.74) is -1.51. The van der Waals surface area contributed by atoms with E-state index in [-0.39, 0.29) is 11.3 Å². The van der Waals surface area contributed by atoms with Crippen LogP contribution in [-0.2, 0) is 18.9 Å². The van der Waals surface area contributed by atoms with Gasteiger partial charge in [0.05, 0.1) is 5.71 Å². The fourth-order valence-electron chi connectivity index (χ4n) is 1.42. The van der Waals surface area contributed by atoms with Crippen molar-refractivity contribution < 1.29 is 15.0 Å². The first-order valence-electron chi connectivity index (χ1n) is 4.99. The van der Waals surface area contributed by atoms with Gasteiger partial charge in [-0.2, -0.15) is 0 Å². The zero-order chi connectivity index (χ0) is 14.0. The van der Waals surface area contributed by atoms with E-state index < -0.39 is 29.6 Å². The Kier molecular flexibility index (Phi) is 3.70. The van der Waals surface area contributed by atoms with E-state index in [2.05, 4.69) is 4.99 Å². The van der Waals surface area contributed by atoms with Gasteiger partial charge in [-0.05, 0) is 6.92 Å². The lowest BCUT2D eigenvalue weighted by Gasteiger charge is -2.09. The number of carbonyl (C=O) groups is 1. The zero-order valence-corrected chi connectivity index (χ0v) is 10.2. The smallest absolute Gasteiger partial charge is 0.333 e. The van der Waals surface area contributed by atoms with E-state index in [1.165, 1.54) is 21.0 Å². The van der Waals surface area contributed by atoms with Crippen molar-refractivity contribution >= 4 is 11.7 Å². The second-order valence-corrected chi connectivity index (χ2v) is 3.70. The molecule has 2 N–H and O–H groups in total. The van der Waals surface area contributed by atoms with Crippen molar-refractivity contribution in [3.63, 3.8) is 0 Å². The Labute approximate surface area is 101 Å². The molecule has 1 rings (SSSR count). The molecule has 1 aromatic heterocycles. The molecule has 0 aliphatic heterocycles. The minimum atomic E-state index is -1.16. The summed E-state index contributed by atoms with van der Waals surface area (Å²) < 4.78 is 1.70. The van der Waals surface area contributed by atoms with E-state index in [4.69, 9.17) is 5.11 Å². The Bertz CT molecular complexity index is 638. The summed E-state index contributed by atoms with van der Waals surface area (Å²) in [7, 11) is 2.56. The predicted octanol–water partition coefficient (Wildman–Crippen LogP) is -1.32. The van der Waals surface area contributed by atoms with Gasteiger partial charge in [0, 0.05) is 14.1 Å². The van der Waals surface area contributed by atoms with Gasteiger partial charge in [-0.15, -0.1) is 0 Å². The lowest BCUT2D eigenvalue weighted by atomic mass is 10.2. The quantitative estimate of drug-likeness (QED) is 0.650. The van der Waals surface area contributed by atoms with Crippen LogP contribution in [0.1, 0.15) is 12.5 Å². The molecule has 0 spiro atoms. The van der Waals surface area contributed by atoms with E-state index in [9.17, 15) is 19.5 Å². The molecule has 0 aliphatic rings. The third kappa shape index (κ3) is 2.31. The third-order valence-electron chi connectivity index (χ3n) is 2.45. The average Bonchev–Trinajstić information content (AvgIpc) is 2.31. The van der Waals surface area contributed by atoms with Gasteiger partial charge in [0.15, 0.2) is 0 Å². The van der Waals surface area contributed by atoms with Gasteiger partial charge in [-0.25, -0.2) is 4.79 Å². The molecule has 18 heavy (non-hydrogen) atoms. The second-order valence-electron chi connectivity index (χ2n) is 3.70. The van der Waals surface area contributed by atoms with Crippen molar-refractivity contribution in [1.29, 1.82) is 0 Å². The van der Waals surface area contributed by atoms with Crippen LogP contribution >= 0.6 is 0 Å². The molecule has 0 atom stereocenters. The highest BCUT2D eigenvalue weighted by Crippen LogP contribution is 2.09. The number of aliphatic carboxylic acids is 1. The maximum Gasteiger partial charge on any atom is 0.333 e. The van der Waals surface area contributed by atoms with Crippen molar-refractivity contribution in [1.82, 2.24) is 9.13 Å². The summed E-state index contributed by atoms with van der Waals surface area (Å²) in [5.74, 6) is -1.69. The fourth-order valence-corrected chi connectivity index (χ4v) is 1.42. The van der Waals surface area contributed by atoms with Crippen molar-refractivity contribution in [2.75, 3.05) is 6.54 Å². The molecular formula is C10H13N3O5. The summed E-state index contributed by atoms with van der Waals surface area (Å²) in [5, 5.41) is 18.2. The summed E-state index contributed by atoms with van der Waals surface area (Å²) >= 11 is 0. The van der Waals surface area contributed by atoms with Crippen LogP contribution < -0.4 is 11.2 Å². The van der Waals surface area contributed by atoms with E-state index in [1.807, 2.05) is 0 Å². The number of hydrogen-bond donors (Lipinski definition) is 2. The van der Waals surface area contributed by atoms with Crippen molar-refractivity contribution in [2.24, 2.45) is 19.1 Å². The van der Waals surface area contributed by atoms with Gasteiger partial charge in [0.25, 0.3) is 5.56 Å². The molecule has 8 nitrogen and oxygen atoms in total. The molecule has 0 saturated heterocycles. The van der Waals surface area contributed by atoms with Crippen molar-refractivity contribution in [3.8, 4) is 5.88 Å². The van der Waals surface area contributed by atoms with Gasteiger partial charge < -0.3 is 10.2 Å². The maximum absolute atomic E-state index is 11.8. The molecule has 1 heterocycles. The fraction of sp³-hybridized carbons (Fsp3) is 0.400. The van der Waals surface area contributed by atoms with Gasteiger partial charge in [0.1, 0.15) is 12.1 Å². The minimum absolute atomic E-state index is 0.0612. The largest absolute Gasteiger partial charge is 0.494 e. The Morgan fingerprint density at radius 1 is 1.28 bits per heavy atom. The molecule has 0 aliphatic carbocycles. The Hall–Kier alpha value is -2.38. The van der Waals surface area contributed by atoms with Gasteiger partial charge >= 0.3 is 11.7 Å². The normalized spacial score (nSPS) is 11.6. The van der Waals surface area contributed by atoms with E-state index >= 15 is 0 Å². The number of aromatic nitrogens is 2. The predicted molar refractivity (Wildman–Crippen MR) is 63.3 cm³/mol. The summed E-state index contributed by atoms with van der Waals surface area (Å²) in [6, 6.07) is 0. The van der Waals surface area contributed by atoms with Crippen LogP contribution in [0.4, 0.5) is 0 Å². The van der Waals surface area contributed by atoms with Crippen molar-refractivity contribution in [2.45, 2.75) is 6.92 Å².